The first-order valence-electron chi connectivity index (χ1n) is 11.7. The van der Waals surface area contributed by atoms with E-state index in [1.807, 2.05) is 21.8 Å². The highest BCUT2D eigenvalue weighted by atomic mass is 35.5. The number of hydrogen-bond acceptors (Lipinski definition) is 4. The molecular weight excluding hydrogens is 440 g/mol. The highest BCUT2D eigenvalue weighted by molar-refractivity contribution is 6.33. The van der Waals surface area contributed by atoms with E-state index in [0.29, 0.717) is 10.8 Å². The van der Waals surface area contributed by atoms with Gasteiger partial charge in [-0.05, 0) is 49.0 Å². The van der Waals surface area contributed by atoms with E-state index in [1.54, 1.807) is 13.1 Å². The molecule has 33 heavy (non-hydrogen) atoms. The number of anilines is 1. The number of rotatable bonds is 3. The first-order chi connectivity index (χ1) is 15.7. The van der Waals surface area contributed by atoms with Gasteiger partial charge in [-0.2, -0.15) is 5.10 Å². The van der Waals surface area contributed by atoms with Gasteiger partial charge in [-0.15, -0.1) is 0 Å². The molecule has 2 aromatic rings. The molecule has 2 aliphatic heterocycles. The fraction of sp³-hybridized carbons (Fsp3) is 0.583. The Bertz CT molecular complexity index is 1100. The first kappa shape index (κ1) is 22.2. The highest BCUT2D eigenvalue weighted by Crippen LogP contribution is 2.49. The number of fused-ring (bicyclic) bond motifs is 1. The SMILES string of the molecule is CC(=O)N1CCC2(CC[C@H]2NC(=O)Nc2cc(-c3cnn4c3CC(C)(C)C4)c(Cl)cn2)CC1. The number of carbonyl (C=O) groups is 2. The quantitative estimate of drug-likeness (QED) is 0.706. The summed E-state index contributed by atoms with van der Waals surface area (Å²) in [5.74, 6) is 0.590. The predicted octanol–water partition coefficient (Wildman–Crippen LogP) is 4.09. The lowest BCUT2D eigenvalue weighted by Gasteiger charge is -2.53. The van der Waals surface area contributed by atoms with E-state index in [4.69, 9.17) is 11.6 Å². The number of pyridine rings is 1. The second kappa shape index (κ2) is 8.01. The minimum atomic E-state index is -0.254. The van der Waals surface area contributed by atoms with Crippen molar-refractivity contribution in [3.63, 3.8) is 0 Å². The van der Waals surface area contributed by atoms with Crippen molar-refractivity contribution in [3.8, 4) is 11.1 Å². The summed E-state index contributed by atoms with van der Waals surface area (Å²) in [6.07, 6.45) is 8.28. The Morgan fingerprint density at radius 2 is 1.91 bits per heavy atom. The Morgan fingerprint density at radius 3 is 2.58 bits per heavy atom. The third-order valence-corrected chi connectivity index (χ3v) is 8.04. The van der Waals surface area contributed by atoms with Gasteiger partial charge in [-0.3, -0.25) is 14.8 Å². The molecule has 2 fully saturated rings. The standard InChI is InChI=1S/C24H31ClN6O2/c1-15(32)30-8-6-24(7-9-30)5-4-20(24)28-22(33)29-21-10-16(18(25)13-26-21)17-12-27-31-14-23(2,3)11-19(17)31/h10,12-13,20H,4-9,11,14H2,1-3H3,(H2,26,28,29,33)/t20-/m1/s1. The van der Waals surface area contributed by atoms with E-state index in [9.17, 15) is 9.59 Å². The van der Waals surface area contributed by atoms with Gasteiger partial charge in [-0.1, -0.05) is 25.4 Å². The van der Waals surface area contributed by atoms with Crippen molar-refractivity contribution in [1.82, 2.24) is 25.0 Å². The van der Waals surface area contributed by atoms with Crippen molar-refractivity contribution in [2.24, 2.45) is 10.8 Å². The molecule has 0 radical (unpaired) electrons. The van der Waals surface area contributed by atoms with Gasteiger partial charge in [0.25, 0.3) is 0 Å². The van der Waals surface area contributed by atoms with Crippen LogP contribution in [-0.2, 0) is 17.8 Å². The van der Waals surface area contributed by atoms with Gasteiger partial charge in [0, 0.05) is 55.6 Å². The Morgan fingerprint density at radius 1 is 1.15 bits per heavy atom. The van der Waals surface area contributed by atoms with Crippen molar-refractivity contribution in [3.05, 3.63) is 29.2 Å². The smallest absolute Gasteiger partial charge is 0.320 e. The Labute approximate surface area is 199 Å². The Kier molecular flexibility index (Phi) is 5.39. The minimum Gasteiger partial charge on any atom is -0.343 e. The third kappa shape index (κ3) is 4.09. The van der Waals surface area contributed by atoms with Gasteiger partial charge < -0.3 is 10.2 Å². The zero-order valence-electron chi connectivity index (χ0n) is 19.4. The number of carbonyl (C=O) groups excluding carboxylic acids is 2. The van der Waals surface area contributed by atoms with E-state index in [2.05, 4.69) is 34.6 Å². The molecular formula is C24H31ClN6O2. The number of hydrogen-bond donors (Lipinski definition) is 2. The number of likely N-dealkylation sites (tertiary alicyclic amines) is 1. The average molecular weight is 471 g/mol. The molecule has 8 nitrogen and oxygen atoms in total. The fourth-order valence-electron chi connectivity index (χ4n) is 5.68. The third-order valence-electron chi connectivity index (χ3n) is 7.74. The van der Waals surface area contributed by atoms with Gasteiger partial charge >= 0.3 is 6.03 Å². The highest BCUT2D eigenvalue weighted by Gasteiger charge is 2.49. The normalized spacial score (nSPS) is 22.5. The average Bonchev–Trinajstić information content (AvgIpc) is 3.27. The zero-order valence-corrected chi connectivity index (χ0v) is 20.2. The molecule has 2 aromatic heterocycles. The Balaban J connectivity index is 1.26. The summed E-state index contributed by atoms with van der Waals surface area (Å²) in [7, 11) is 0. The van der Waals surface area contributed by atoms with Crippen LogP contribution in [0.3, 0.4) is 0 Å². The molecule has 3 aliphatic rings. The molecule has 4 heterocycles. The zero-order chi connectivity index (χ0) is 23.4. The Hall–Kier alpha value is -2.61. The molecule has 5 rings (SSSR count). The summed E-state index contributed by atoms with van der Waals surface area (Å²) in [6, 6.07) is 1.70. The van der Waals surface area contributed by atoms with Crippen molar-refractivity contribution in [1.29, 1.82) is 0 Å². The maximum atomic E-state index is 12.8. The van der Waals surface area contributed by atoms with Gasteiger partial charge in [0.2, 0.25) is 5.91 Å². The molecule has 0 aromatic carbocycles. The van der Waals surface area contributed by atoms with Crippen molar-refractivity contribution >= 4 is 29.4 Å². The minimum absolute atomic E-state index is 0.105. The number of amides is 3. The largest absolute Gasteiger partial charge is 0.343 e. The number of nitrogens with one attached hydrogen (secondary N) is 2. The van der Waals surface area contributed by atoms with Crippen LogP contribution in [0.5, 0.6) is 0 Å². The molecule has 1 aliphatic carbocycles. The molecule has 1 atom stereocenters. The summed E-state index contributed by atoms with van der Waals surface area (Å²) in [6.45, 7) is 8.50. The lowest BCUT2D eigenvalue weighted by Crippen LogP contribution is -2.60. The van der Waals surface area contributed by atoms with Crippen molar-refractivity contribution < 1.29 is 9.59 Å². The number of piperidine rings is 1. The van der Waals surface area contributed by atoms with Gasteiger partial charge in [0.15, 0.2) is 0 Å². The van der Waals surface area contributed by atoms with Crippen LogP contribution < -0.4 is 10.6 Å². The molecule has 2 N–H and O–H groups in total. The monoisotopic (exact) mass is 470 g/mol. The molecule has 0 unspecified atom stereocenters. The molecule has 0 bridgehead atoms. The predicted molar refractivity (Wildman–Crippen MR) is 127 cm³/mol. The van der Waals surface area contributed by atoms with E-state index in [1.165, 1.54) is 0 Å². The second-order valence-electron chi connectivity index (χ2n) is 10.6. The molecule has 1 spiro atoms. The van der Waals surface area contributed by atoms with Gasteiger partial charge in [0.1, 0.15) is 5.82 Å². The van der Waals surface area contributed by atoms with E-state index < -0.39 is 0 Å². The molecule has 1 saturated carbocycles. The topological polar surface area (TPSA) is 92.2 Å². The molecule has 3 amide bonds. The number of nitrogens with zero attached hydrogens (tertiary/aromatic N) is 4. The van der Waals surface area contributed by atoms with Crippen molar-refractivity contribution in [2.75, 3.05) is 18.4 Å². The van der Waals surface area contributed by atoms with E-state index in [0.717, 1.165) is 68.6 Å². The fourth-order valence-corrected chi connectivity index (χ4v) is 5.89. The molecule has 1 saturated heterocycles. The maximum absolute atomic E-state index is 12.8. The van der Waals surface area contributed by atoms with Crippen LogP contribution in [0.25, 0.3) is 11.1 Å². The first-order valence-corrected chi connectivity index (χ1v) is 12.1. The van der Waals surface area contributed by atoms with E-state index >= 15 is 0 Å². The summed E-state index contributed by atoms with van der Waals surface area (Å²) in [4.78, 5) is 30.6. The second-order valence-corrected chi connectivity index (χ2v) is 11.0. The van der Waals surface area contributed by atoms with Crippen LogP contribution in [0.15, 0.2) is 18.5 Å². The summed E-state index contributed by atoms with van der Waals surface area (Å²) in [5.41, 5.74) is 3.26. The van der Waals surface area contributed by atoms with Gasteiger partial charge in [0.05, 0.1) is 11.2 Å². The lowest BCUT2D eigenvalue weighted by molar-refractivity contribution is -0.132. The van der Waals surface area contributed by atoms with Crippen LogP contribution in [0, 0.1) is 10.8 Å². The van der Waals surface area contributed by atoms with Gasteiger partial charge in [-0.25, -0.2) is 9.78 Å². The van der Waals surface area contributed by atoms with Crippen LogP contribution in [0.4, 0.5) is 10.6 Å². The van der Waals surface area contributed by atoms with Crippen LogP contribution in [0.2, 0.25) is 5.02 Å². The summed E-state index contributed by atoms with van der Waals surface area (Å²) < 4.78 is 2.04. The number of halogens is 1. The maximum Gasteiger partial charge on any atom is 0.320 e. The summed E-state index contributed by atoms with van der Waals surface area (Å²) in [5, 5.41) is 11.1. The van der Waals surface area contributed by atoms with E-state index in [-0.39, 0.29) is 28.8 Å². The van der Waals surface area contributed by atoms with Crippen molar-refractivity contribution in [2.45, 2.75) is 65.5 Å². The molecule has 9 heteroatoms. The van der Waals surface area contributed by atoms with Crippen LogP contribution >= 0.6 is 11.6 Å². The van der Waals surface area contributed by atoms with Crippen LogP contribution in [-0.4, -0.2) is 50.7 Å². The van der Waals surface area contributed by atoms with Crippen LogP contribution in [0.1, 0.15) is 52.1 Å². The summed E-state index contributed by atoms with van der Waals surface area (Å²) >= 11 is 6.49. The number of aromatic nitrogens is 3. The lowest BCUT2D eigenvalue weighted by atomic mass is 9.59. The number of urea groups is 1. The molecule has 176 valence electrons.